The first kappa shape index (κ1) is 14.9. The third-order valence-electron chi connectivity index (χ3n) is 4.23. The van der Waals surface area contributed by atoms with Crippen molar-refractivity contribution in [2.75, 3.05) is 7.05 Å². The largest absolute Gasteiger partial charge is 0.481 e. The molecule has 20 heavy (non-hydrogen) atoms. The van der Waals surface area contributed by atoms with Crippen LogP contribution < -0.4 is 4.74 Å². The molecule has 3 nitrogen and oxygen atoms in total. The summed E-state index contributed by atoms with van der Waals surface area (Å²) in [5, 5.41) is 0. The lowest BCUT2D eigenvalue weighted by Crippen LogP contribution is -2.43. The maximum atomic E-state index is 12.4. The van der Waals surface area contributed by atoms with Gasteiger partial charge in [-0.05, 0) is 37.8 Å². The second-order valence-corrected chi connectivity index (χ2v) is 5.61. The molecule has 0 saturated heterocycles. The number of amides is 1. The fourth-order valence-electron chi connectivity index (χ4n) is 2.91. The first-order valence-electron chi connectivity index (χ1n) is 7.64. The van der Waals surface area contributed by atoms with Gasteiger partial charge < -0.3 is 9.64 Å². The molecule has 1 saturated carbocycles. The SMILES string of the molecule is CCc1ccccc1OC(C)C(=O)N(C)C1CCCC1. The van der Waals surface area contributed by atoms with Crippen LogP contribution in [0.5, 0.6) is 5.75 Å². The van der Waals surface area contributed by atoms with Crippen molar-refractivity contribution in [3.8, 4) is 5.75 Å². The van der Waals surface area contributed by atoms with Crippen molar-refractivity contribution < 1.29 is 9.53 Å². The van der Waals surface area contributed by atoms with Gasteiger partial charge in [0.2, 0.25) is 0 Å². The maximum Gasteiger partial charge on any atom is 0.263 e. The maximum absolute atomic E-state index is 12.4. The minimum atomic E-state index is -0.423. The summed E-state index contributed by atoms with van der Waals surface area (Å²) in [6, 6.07) is 8.34. The van der Waals surface area contributed by atoms with Crippen LogP contribution in [0.3, 0.4) is 0 Å². The molecule has 0 spiro atoms. The average Bonchev–Trinajstić information content (AvgIpc) is 3.00. The lowest BCUT2D eigenvalue weighted by Gasteiger charge is -2.27. The summed E-state index contributed by atoms with van der Waals surface area (Å²) in [7, 11) is 1.91. The molecule has 1 aromatic rings. The van der Waals surface area contributed by atoms with Crippen molar-refractivity contribution >= 4 is 5.91 Å². The molecule has 0 aromatic heterocycles. The van der Waals surface area contributed by atoms with Gasteiger partial charge in [-0.25, -0.2) is 0 Å². The van der Waals surface area contributed by atoms with E-state index in [4.69, 9.17) is 4.74 Å². The van der Waals surface area contributed by atoms with Gasteiger partial charge in [-0.3, -0.25) is 4.79 Å². The monoisotopic (exact) mass is 275 g/mol. The third kappa shape index (κ3) is 3.33. The van der Waals surface area contributed by atoms with Crippen molar-refractivity contribution in [1.29, 1.82) is 0 Å². The second-order valence-electron chi connectivity index (χ2n) is 5.61. The Bertz CT molecular complexity index is 452. The predicted molar refractivity (Wildman–Crippen MR) is 80.9 cm³/mol. The topological polar surface area (TPSA) is 29.5 Å². The Morgan fingerprint density at radius 2 is 2.00 bits per heavy atom. The summed E-state index contributed by atoms with van der Waals surface area (Å²) >= 11 is 0. The van der Waals surface area contributed by atoms with E-state index in [0.717, 1.165) is 30.6 Å². The van der Waals surface area contributed by atoms with E-state index in [-0.39, 0.29) is 5.91 Å². The van der Waals surface area contributed by atoms with E-state index in [0.29, 0.717) is 6.04 Å². The van der Waals surface area contributed by atoms with E-state index in [1.54, 1.807) is 0 Å². The fourth-order valence-corrected chi connectivity index (χ4v) is 2.91. The van der Waals surface area contributed by atoms with Gasteiger partial charge in [0.15, 0.2) is 6.10 Å². The Labute approximate surface area is 121 Å². The van der Waals surface area contributed by atoms with Crippen molar-refractivity contribution in [1.82, 2.24) is 4.90 Å². The smallest absolute Gasteiger partial charge is 0.263 e. The third-order valence-corrected chi connectivity index (χ3v) is 4.23. The molecular formula is C17H25NO2. The molecule has 110 valence electrons. The number of para-hydroxylation sites is 1. The van der Waals surface area contributed by atoms with Crippen LogP contribution in [0.2, 0.25) is 0 Å². The average molecular weight is 275 g/mol. The molecule has 3 heteroatoms. The van der Waals surface area contributed by atoms with Crippen LogP contribution in [0.4, 0.5) is 0 Å². The van der Waals surface area contributed by atoms with E-state index >= 15 is 0 Å². The Hall–Kier alpha value is -1.51. The molecule has 1 fully saturated rings. The standard InChI is InChI=1S/C17H25NO2/c1-4-14-9-5-8-12-16(14)20-13(2)17(19)18(3)15-10-6-7-11-15/h5,8-9,12-13,15H,4,6-7,10-11H2,1-3H3. The summed E-state index contributed by atoms with van der Waals surface area (Å²) in [6.45, 7) is 3.94. The number of likely N-dealkylation sites (N-methyl/N-ethyl adjacent to an activating group) is 1. The molecule has 1 aromatic carbocycles. The van der Waals surface area contributed by atoms with Crippen molar-refractivity contribution in [3.05, 3.63) is 29.8 Å². The highest BCUT2D eigenvalue weighted by Crippen LogP contribution is 2.24. The van der Waals surface area contributed by atoms with Crippen LogP contribution in [0.15, 0.2) is 24.3 Å². The van der Waals surface area contributed by atoms with Crippen LogP contribution in [-0.4, -0.2) is 30.0 Å². The number of ether oxygens (including phenoxy) is 1. The number of benzene rings is 1. The van der Waals surface area contributed by atoms with Gasteiger partial charge in [0.25, 0.3) is 5.91 Å². The highest BCUT2D eigenvalue weighted by atomic mass is 16.5. The highest BCUT2D eigenvalue weighted by molar-refractivity contribution is 5.81. The molecule has 0 heterocycles. The van der Waals surface area contributed by atoms with Gasteiger partial charge in [-0.2, -0.15) is 0 Å². The van der Waals surface area contributed by atoms with E-state index in [1.807, 2.05) is 43.1 Å². The number of nitrogens with zero attached hydrogens (tertiary/aromatic N) is 1. The number of aryl methyl sites for hydroxylation is 1. The van der Waals surface area contributed by atoms with E-state index < -0.39 is 6.10 Å². The molecule has 0 aliphatic heterocycles. The molecule has 1 aliphatic carbocycles. The van der Waals surface area contributed by atoms with Crippen LogP contribution >= 0.6 is 0 Å². The first-order chi connectivity index (χ1) is 9.63. The van der Waals surface area contributed by atoms with Gasteiger partial charge in [0, 0.05) is 13.1 Å². The van der Waals surface area contributed by atoms with E-state index in [9.17, 15) is 4.79 Å². The number of hydrogen-bond acceptors (Lipinski definition) is 2. The second kappa shape index (κ2) is 6.78. The van der Waals surface area contributed by atoms with E-state index in [1.165, 1.54) is 12.8 Å². The lowest BCUT2D eigenvalue weighted by atomic mass is 10.1. The number of hydrogen-bond donors (Lipinski definition) is 0. The van der Waals surface area contributed by atoms with Crippen LogP contribution in [0.25, 0.3) is 0 Å². The minimum absolute atomic E-state index is 0.0859. The zero-order chi connectivity index (χ0) is 14.5. The summed E-state index contributed by atoms with van der Waals surface area (Å²) in [6.07, 6.45) is 5.21. The van der Waals surface area contributed by atoms with Crippen LogP contribution in [-0.2, 0) is 11.2 Å². The molecular weight excluding hydrogens is 250 g/mol. The van der Waals surface area contributed by atoms with E-state index in [2.05, 4.69) is 6.92 Å². The van der Waals surface area contributed by atoms with Crippen molar-refractivity contribution in [3.63, 3.8) is 0 Å². The van der Waals surface area contributed by atoms with Gasteiger partial charge in [0.1, 0.15) is 5.75 Å². The number of carbonyl (C=O) groups excluding carboxylic acids is 1. The summed E-state index contributed by atoms with van der Waals surface area (Å²) in [4.78, 5) is 14.3. The zero-order valence-electron chi connectivity index (χ0n) is 12.8. The Morgan fingerprint density at radius 1 is 1.35 bits per heavy atom. The van der Waals surface area contributed by atoms with Gasteiger partial charge in [-0.15, -0.1) is 0 Å². The molecule has 0 bridgehead atoms. The highest BCUT2D eigenvalue weighted by Gasteiger charge is 2.27. The fraction of sp³-hybridized carbons (Fsp3) is 0.588. The quantitative estimate of drug-likeness (QED) is 0.824. The zero-order valence-corrected chi connectivity index (χ0v) is 12.8. The Balaban J connectivity index is 1.99. The van der Waals surface area contributed by atoms with Crippen LogP contribution in [0, 0.1) is 0 Å². The Morgan fingerprint density at radius 3 is 2.65 bits per heavy atom. The van der Waals surface area contributed by atoms with Gasteiger partial charge >= 0.3 is 0 Å². The molecule has 1 atom stereocenters. The molecule has 1 unspecified atom stereocenters. The van der Waals surface area contributed by atoms with Crippen molar-refractivity contribution in [2.24, 2.45) is 0 Å². The minimum Gasteiger partial charge on any atom is -0.481 e. The molecule has 1 aliphatic rings. The summed E-state index contributed by atoms with van der Waals surface area (Å²) in [5.41, 5.74) is 1.15. The molecule has 1 amide bonds. The predicted octanol–water partition coefficient (Wildman–Crippen LogP) is 3.42. The first-order valence-corrected chi connectivity index (χ1v) is 7.64. The Kier molecular flexibility index (Phi) is 5.05. The molecule has 2 rings (SSSR count). The van der Waals surface area contributed by atoms with Gasteiger partial charge in [0.05, 0.1) is 0 Å². The lowest BCUT2D eigenvalue weighted by molar-refractivity contribution is -0.138. The van der Waals surface area contributed by atoms with Gasteiger partial charge in [-0.1, -0.05) is 38.0 Å². The summed E-state index contributed by atoms with van der Waals surface area (Å²) < 4.78 is 5.89. The van der Waals surface area contributed by atoms with Crippen LogP contribution in [0.1, 0.15) is 45.1 Å². The molecule has 0 radical (unpaired) electrons. The summed E-state index contributed by atoms with van der Waals surface area (Å²) in [5.74, 6) is 0.915. The molecule has 0 N–H and O–H groups in total. The number of rotatable bonds is 5. The van der Waals surface area contributed by atoms with Crippen molar-refractivity contribution in [2.45, 2.75) is 58.1 Å². The number of carbonyl (C=O) groups is 1. The normalized spacial score (nSPS) is 16.9.